The Morgan fingerprint density at radius 3 is 2.62 bits per heavy atom. The summed E-state index contributed by atoms with van der Waals surface area (Å²) in [6.45, 7) is -0.114. The van der Waals surface area contributed by atoms with Gasteiger partial charge in [0.15, 0.2) is 9.84 Å². The molecule has 0 saturated carbocycles. The summed E-state index contributed by atoms with van der Waals surface area (Å²) in [6.07, 6.45) is 0. The smallest absolute Gasteiger partial charge is 0.181 e. The van der Waals surface area contributed by atoms with E-state index in [4.69, 9.17) is 10.00 Å². The first-order valence-electron chi connectivity index (χ1n) is 6.13. The molecule has 4 nitrogen and oxygen atoms in total. The van der Waals surface area contributed by atoms with Crippen molar-refractivity contribution in [1.82, 2.24) is 0 Å². The highest BCUT2D eigenvalue weighted by Crippen LogP contribution is 2.17. The molecule has 0 N–H and O–H groups in total. The highest BCUT2D eigenvalue weighted by atomic mass is 32.2. The molecule has 6 heteroatoms. The van der Waals surface area contributed by atoms with Crippen LogP contribution in [0.2, 0.25) is 0 Å². The number of halogens is 1. The first-order chi connectivity index (χ1) is 10.0. The molecular formula is C15H12FNO3S. The Morgan fingerprint density at radius 2 is 1.90 bits per heavy atom. The summed E-state index contributed by atoms with van der Waals surface area (Å²) in [5.74, 6) is -0.572. The minimum atomic E-state index is -3.62. The number of hydrogen-bond donors (Lipinski definition) is 0. The lowest BCUT2D eigenvalue weighted by Crippen LogP contribution is -2.14. The standard InChI is InChI=1S/C15H12FNO3S/c16-13-5-3-6-14(10-13)21(18,19)9-8-20-15-7-2-1-4-12(15)11-17/h1-7,10H,8-9H2. The highest BCUT2D eigenvalue weighted by molar-refractivity contribution is 7.91. The normalized spacial score (nSPS) is 10.9. The van der Waals surface area contributed by atoms with Gasteiger partial charge in [0, 0.05) is 0 Å². The molecule has 0 fully saturated rings. The Kier molecular flexibility index (Phi) is 4.55. The molecule has 0 unspecified atom stereocenters. The van der Waals surface area contributed by atoms with Crippen LogP contribution in [0.5, 0.6) is 5.75 Å². The van der Waals surface area contributed by atoms with Crippen LogP contribution >= 0.6 is 0 Å². The fraction of sp³-hybridized carbons (Fsp3) is 0.133. The molecule has 21 heavy (non-hydrogen) atoms. The van der Waals surface area contributed by atoms with E-state index in [9.17, 15) is 12.8 Å². The zero-order valence-electron chi connectivity index (χ0n) is 11.0. The van der Waals surface area contributed by atoms with Crippen molar-refractivity contribution in [2.75, 3.05) is 12.4 Å². The second kappa shape index (κ2) is 6.37. The van der Waals surface area contributed by atoms with E-state index in [0.29, 0.717) is 11.3 Å². The summed E-state index contributed by atoms with van der Waals surface area (Å²) >= 11 is 0. The van der Waals surface area contributed by atoms with Gasteiger partial charge in [-0.1, -0.05) is 18.2 Å². The summed E-state index contributed by atoms with van der Waals surface area (Å²) in [7, 11) is -3.62. The van der Waals surface area contributed by atoms with Crippen molar-refractivity contribution >= 4 is 9.84 Å². The molecule has 108 valence electrons. The average molecular weight is 305 g/mol. The van der Waals surface area contributed by atoms with Crippen molar-refractivity contribution in [2.24, 2.45) is 0 Å². The van der Waals surface area contributed by atoms with Gasteiger partial charge >= 0.3 is 0 Å². The van der Waals surface area contributed by atoms with E-state index in [0.717, 1.165) is 6.07 Å². The molecule has 0 radical (unpaired) electrons. The maximum Gasteiger partial charge on any atom is 0.181 e. The summed E-state index contributed by atoms with van der Waals surface area (Å²) in [5.41, 5.74) is 0.334. The second-order valence-electron chi connectivity index (χ2n) is 4.23. The van der Waals surface area contributed by atoms with Crippen molar-refractivity contribution in [3.8, 4) is 11.8 Å². The van der Waals surface area contributed by atoms with Gasteiger partial charge in [-0.25, -0.2) is 12.8 Å². The molecule has 0 bridgehead atoms. The molecular weight excluding hydrogens is 293 g/mol. The Hall–Kier alpha value is -2.39. The predicted octanol–water partition coefficient (Wildman–Crippen LogP) is 2.55. The maximum atomic E-state index is 13.1. The third-order valence-corrected chi connectivity index (χ3v) is 4.45. The molecule has 0 spiro atoms. The van der Waals surface area contributed by atoms with E-state index in [-0.39, 0.29) is 17.3 Å². The average Bonchev–Trinajstić information content (AvgIpc) is 2.47. The zero-order chi connectivity index (χ0) is 15.3. The van der Waals surface area contributed by atoms with Crippen molar-refractivity contribution < 1.29 is 17.5 Å². The number of rotatable bonds is 5. The quantitative estimate of drug-likeness (QED) is 0.851. The number of nitrogens with zero attached hydrogens (tertiary/aromatic N) is 1. The van der Waals surface area contributed by atoms with E-state index >= 15 is 0 Å². The van der Waals surface area contributed by atoms with Gasteiger partial charge in [-0.2, -0.15) is 5.26 Å². The largest absolute Gasteiger partial charge is 0.491 e. The van der Waals surface area contributed by atoms with Crippen LogP contribution in [0.4, 0.5) is 4.39 Å². The van der Waals surface area contributed by atoms with Gasteiger partial charge in [0.05, 0.1) is 16.2 Å². The predicted molar refractivity (Wildman–Crippen MR) is 75.1 cm³/mol. The van der Waals surface area contributed by atoms with Crippen LogP contribution in [-0.4, -0.2) is 20.8 Å². The number of para-hydroxylation sites is 1. The number of benzene rings is 2. The van der Waals surface area contributed by atoms with Gasteiger partial charge in [0.1, 0.15) is 24.2 Å². The Balaban J connectivity index is 2.05. The van der Waals surface area contributed by atoms with Crippen LogP contribution in [0, 0.1) is 17.1 Å². The first kappa shape index (κ1) is 15.0. The fourth-order valence-corrected chi connectivity index (χ4v) is 2.84. The van der Waals surface area contributed by atoms with Crippen LogP contribution in [0.15, 0.2) is 53.4 Å². The highest BCUT2D eigenvalue weighted by Gasteiger charge is 2.15. The van der Waals surface area contributed by atoms with E-state index in [1.807, 2.05) is 6.07 Å². The van der Waals surface area contributed by atoms with Crippen molar-refractivity contribution in [1.29, 1.82) is 5.26 Å². The molecule has 0 aliphatic carbocycles. The lowest BCUT2D eigenvalue weighted by atomic mass is 10.2. The van der Waals surface area contributed by atoms with E-state index in [2.05, 4.69) is 0 Å². The fourth-order valence-electron chi connectivity index (χ4n) is 1.72. The van der Waals surface area contributed by atoms with Crippen LogP contribution in [0.25, 0.3) is 0 Å². The number of hydrogen-bond acceptors (Lipinski definition) is 4. The maximum absolute atomic E-state index is 13.1. The van der Waals surface area contributed by atoms with Gasteiger partial charge in [-0.15, -0.1) is 0 Å². The Morgan fingerprint density at radius 1 is 1.14 bits per heavy atom. The third-order valence-electron chi connectivity index (χ3n) is 2.77. The van der Waals surface area contributed by atoms with Crippen LogP contribution in [0.1, 0.15) is 5.56 Å². The van der Waals surface area contributed by atoms with E-state index in [1.165, 1.54) is 18.2 Å². The molecule has 0 heterocycles. The van der Waals surface area contributed by atoms with Crippen LogP contribution in [0.3, 0.4) is 0 Å². The monoisotopic (exact) mass is 305 g/mol. The van der Waals surface area contributed by atoms with Crippen molar-refractivity contribution in [2.45, 2.75) is 4.90 Å². The van der Waals surface area contributed by atoms with Crippen LogP contribution < -0.4 is 4.74 Å². The van der Waals surface area contributed by atoms with E-state index in [1.54, 1.807) is 24.3 Å². The lowest BCUT2D eigenvalue weighted by Gasteiger charge is -2.08. The first-order valence-corrected chi connectivity index (χ1v) is 7.78. The van der Waals surface area contributed by atoms with Crippen LogP contribution in [-0.2, 0) is 9.84 Å². The second-order valence-corrected chi connectivity index (χ2v) is 6.34. The number of nitriles is 1. The summed E-state index contributed by atoms with van der Waals surface area (Å²) < 4.78 is 42.4. The zero-order valence-corrected chi connectivity index (χ0v) is 11.8. The molecule has 0 saturated heterocycles. The lowest BCUT2D eigenvalue weighted by molar-refractivity contribution is 0.340. The van der Waals surface area contributed by atoms with Crippen molar-refractivity contribution in [3.05, 3.63) is 59.9 Å². The molecule has 2 aromatic carbocycles. The summed E-state index contributed by atoms with van der Waals surface area (Å²) in [5, 5.41) is 8.90. The van der Waals surface area contributed by atoms with Gasteiger partial charge in [0.2, 0.25) is 0 Å². The summed E-state index contributed by atoms with van der Waals surface area (Å²) in [4.78, 5) is -0.0836. The van der Waals surface area contributed by atoms with Gasteiger partial charge in [0.25, 0.3) is 0 Å². The van der Waals surface area contributed by atoms with Gasteiger partial charge in [-0.05, 0) is 30.3 Å². The molecule has 0 atom stereocenters. The Bertz CT molecular complexity index is 782. The topological polar surface area (TPSA) is 67.2 Å². The minimum Gasteiger partial charge on any atom is -0.491 e. The van der Waals surface area contributed by atoms with Crippen molar-refractivity contribution in [3.63, 3.8) is 0 Å². The number of ether oxygens (including phenoxy) is 1. The third kappa shape index (κ3) is 3.80. The SMILES string of the molecule is N#Cc1ccccc1OCCS(=O)(=O)c1cccc(F)c1. The van der Waals surface area contributed by atoms with E-state index < -0.39 is 15.7 Å². The molecule has 0 amide bonds. The molecule has 2 rings (SSSR count). The number of sulfone groups is 1. The van der Waals surface area contributed by atoms with Gasteiger partial charge in [-0.3, -0.25) is 0 Å². The Labute approximate surface area is 122 Å². The molecule has 0 aromatic heterocycles. The molecule has 0 aliphatic rings. The molecule has 2 aromatic rings. The minimum absolute atomic E-state index is 0.0836. The summed E-state index contributed by atoms with van der Waals surface area (Å²) in [6, 6.07) is 13.3. The molecule has 0 aliphatic heterocycles. The van der Waals surface area contributed by atoms with Gasteiger partial charge < -0.3 is 4.74 Å².